The Hall–Kier alpha value is -2.22. The molecule has 0 aliphatic heterocycles. The molecule has 8 heteroatoms. The second-order valence-corrected chi connectivity index (χ2v) is 4.93. The topological polar surface area (TPSA) is 115 Å². The Morgan fingerprint density at radius 3 is 2.90 bits per heavy atom. The minimum absolute atomic E-state index is 0.0258. The van der Waals surface area contributed by atoms with Crippen molar-refractivity contribution in [2.75, 3.05) is 25.1 Å². The number of hydrogen-bond donors (Lipinski definition) is 2. The summed E-state index contributed by atoms with van der Waals surface area (Å²) in [6, 6.07) is 2.26. The molecule has 0 radical (unpaired) electrons. The number of hydrogen-bond acceptors (Lipinski definition) is 6. The van der Waals surface area contributed by atoms with E-state index in [1.165, 1.54) is 12.8 Å². The number of nitro groups is 1. The molecule has 1 fully saturated rings. The second-order valence-electron chi connectivity index (χ2n) is 4.93. The van der Waals surface area contributed by atoms with Crippen LogP contribution in [-0.2, 0) is 4.74 Å². The van der Waals surface area contributed by atoms with Crippen molar-refractivity contribution in [3.05, 3.63) is 27.9 Å². The van der Waals surface area contributed by atoms with Gasteiger partial charge in [0.25, 0.3) is 0 Å². The summed E-state index contributed by atoms with van der Waals surface area (Å²) in [6.45, 7) is 1.77. The number of carboxylic acids is 1. The number of nitrogens with zero attached hydrogens (tertiary/aromatic N) is 2. The van der Waals surface area contributed by atoms with E-state index in [0.29, 0.717) is 25.5 Å². The first-order chi connectivity index (χ1) is 10.1. The molecule has 114 valence electrons. The molecule has 1 aromatic heterocycles. The van der Waals surface area contributed by atoms with Gasteiger partial charge in [-0.3, -0.25) is 10.1 Å². The van der Waals surface area contributed by atoms with E-state index in [-0.39, 0.29) is 17.2 Å². The highest BCUT2D eigenvalue weighted by molar-refractivity contribution is 5.86. The molecular weight excluding hydrogens is 278 g/mol. The number of anilines is 1. The second kappa shape index (κ2) is 6.98. The highest BCUT2D eigenvalue weighted by Crippen LogP contribution is 2.28. The van der Waals surface area contributed by atoms with Gasteiger partial charge in [-0.15, -0.1) is 0 Å². The van der Waals surface area contributed by atoms with Crippen LogP contribution >= 0.6 is 0 Å². The van der Waals surface area contributed by atoms with Gasteiger partial charge < -0.3 is 15.2 Å². The zero-order valence-corrected chi connectivity index (χ0v) is 11.4. The van der Waals surface area contributed by atoms with Crippen LogP contribution < -0.4 is 5.32 Å². The quantitative estimate of drug-likeness (QED) is 0.406. The fourth-order valence-electron chi connectivity index (χ4n) is 1.76. The van der Waals surface area contributed by atoms with Crippen LogP contribution in [0.2, 0.25) is 0 Å². The Morgan fingerprint density at radius 2 is 2.29 bits per heavy atom. The number of aromatic carboxylic acids is 1. The van der Waals surface area contributed by atoms with Crippen LogP contribution in [-0.4, -0.2) is 40.7 Å². The van der Waals surface area contributed by atoms with E-state index >= 15 is 0 Å². The molecule has 0 spiro atoms. The van der Waals surface area contributed by atoms with Gasteiger partial charge in [-0.2, -0.15) is 0 Å². The molecule has 0 amide bonds. The maximum Gasteiger partial charge on any atom is 0.354 e. The van der Waals surface area contributed by atoms with Crippen molar-refractivity contribution in [2.45, 2.75) is 19.3 Å². The van der Waals surface area contributed by atoms with Crippen molar-refractivity contribution in [3.8, 4) is 0 Å². The molecule has 21 heavy (non-hydrogen) atoms. The summed E-state index contributed by atoms with van der Waals surface area (Å²) >= 11 is 0. The van der Waals surface area contributed by atoms with E-state index in [1.54, 1.807) is 0 Å². The molecule has 2 N–H and O–H groups in total. The first-order valence-electron chi connectivity index (χ1n) is 6.78. The van der Waals surface area contributed by atoms with Gasteiger partial charge in [0.1, 0.15) is 0 Å². The number of ether oxygens (including phenoxy) is 1. The van der Waals surface area contributed by atoms with Crippen LogP contribution in [0, 0.1) is 16.0 Å². The fourth-order valence-corrected chi connectivity index (χ4v) is 1.76. The Morgan fingerprint density at radius 1 is 1.52 bits per heavy atom. The summed E-state index contributed by atoms with van der Waals surface area (Å²) in [4.78, 5) is 24.9. The maximum atomic E-state index is 10.9. The summed E-state index contributed by atoms with van der Waals surface area (Å²) in [5.41, 5.74) is -0.466. The third-order valence-electron chi connectivity index (χ3n) is 3.10. The van der Waals surface area contributed by atoms with Gasteiger partial charge in [-0.05, 0) is 31.2 Å². The third kappa shape index (κ3) is 4.67. The van der Waals surface area contributed by atoms with E-state index < -0.39 is 10.9 Å². The first-order valence-corrected chi connectivity index (χ1v) is 6.78. The van der Waals surface area contributed by atoms with Crippen LogP contribution in [0.5, 0.6) is 0 Å². The molecule has 2 rings (SSSR count). The molecule has 1 aromatic rings. The van der Waals surface area contributed by atoms with Crippen LogP contribution in [0.3, 0.4) is 0 Å². The SMILES string of the molecule is O=C(O)c1ccc([N+](=O)[O-])c(NCCCOCC2CC2)n1. The van der Waals surface area contributed by atoms with Crippen molar-refractivity contribution in [1.29, 1.82) is 0 Å². The van der Waals surface area contributed by atoms with E-state index in [2.05, 4.69) is 10.3 Å². The molecule has 0 unspecified atom stereocenters. The third-order valence-corrected chi connectivity index (χ3v) is 3.10. The number of rotatable bonds is 9. The van der Waals surface area contributed by atoms with Gasteiger partial charge in [-0.25, -0.2) is 9.78 Å². The van der Waals surface area contributed by atoms with Crippen molar-refractivity contribution in [3.63, 3.8) is 0 Å². The van der Waals surface area contributed by atoms with Gasteiger partial charge in [0.2, 0.25) is 5.82 Å². The molecule has 1 saturated carbocycles. The van der Waals surface area contributed by atoms with Crippen LogP contribution in [0.15, 0.2) is 12.1 Å². The molecule has 8 nitrogen and oxygen atoms in total. The average molecular weight is 295 g/mol. The Bertz CT molecular complexity index is 531. The largest absolute Gasteiger partial charge is 0.477 e. The number of nitrogens with one attached hydrogen (secondary N) is 1. The van der Waals surface area contributed by atoms with Gasteiger partial charge in [0, 0.05) is 25.8 Å². The van der Waals surface area contributed by atoms with Gasteiger partial charge in [-0.1, -0.05) is 0 Å². The summed E-state index contributed by atoms with van der Waals surface area (Å²) in [5, 5.41) is 22.5. The standard InChI is InChI=1S/C13H17N3O5/c17-13(18)10-4-5-11(16(19)20)12(15-10)14-6-1-7-21-8-9-2-3-9/h4-5,9H,1-3,6-8H2,(H,14,15)(H,17,18). The number of pyridine rings is 1. The zero-order chi connectivity index (χ0) is 15.2. The summed E-state index contributed by atoms with van der Waals surface area (Å²) in [6.07, 6.45) is 3.13. The minimum Gasteiger partial charge on any atom is -0.477 e. The van der Waals surface area contributed by atoms with Crippen LogP contribution in [0.1, 0.15) is 29.8 Å². The molecule has 0 aromatic carbocycles. The smallest absolute Gasteiger partial charge is 0.354 e. The summed E-state index contributed by atoms with van der Waals surface area (Å²) in [7, 11) is 0. The lowest BCUT2D eigenvalue weighted by atomic mass is 10.3. The lowest BCUT2D eigenvalue weighted by Crippen LogP contribution is -2.11. The van der Waals surface area contributed by atoms with E-state index in [1.807, 2.05) is 0 Å². The monoisotopic (exact) mass is 295 g/mol. The molecule has 0 saturated heterocycles. The van der Waals surface area contributed by atoms with Crippen molar-refractivity contribution in [2.24, 2.45) is 5.92 Å². The normalized spacial score (nSPS) is 13.9. The van der Waals surface area contributed by atoms with Crippen molar-refractivity contribution >= 4 is 17.5 Å². The predicted octanol–water partition coefficient (Wildman–Crippen LogP) is 1.92. The molecule has 0 bridgehead atoms. The lowest BCUT2D eigenvalue weighted by molar-refractivity contribution is -0.384. The number of aromatic nitrogens is 1. The number of carbonyl (C=O) groups is 1. The maximum absolute atomic E-state index is 10.9. The zero-order valence-electron chi connectivity index (χ0n) is 11.4. The molecule has 1 aliphatic carbocycles. The Labute approximate surface area is 121 Å². The van der Waals surface area contributed by atoms with Crippen LogP contribution in [0.25, 0.3) is 0 Å². The van der Waals surface area contributed by atoms with Gasteiger partial charge >= 0.3 is 11.7 Å². The van der Waals surface area contributed by atoms with E-state index in [4.69, 9.17) is 9.84 Å². The highest BCUT2D eigenvalue weighted by Gasteiger charge is 2.21. The lowest BCUT2D eigenvalue weighted by Gasteiger charge is -2.07. The minimum atomic E-state index is -1.22. The van der Waals surface area contributed by atoms with Gasteiger partial charge in [0.15, 0.2) is 5.69 Å². The number of carboxylic acid groups (broad SMARTS) is 1. The molecular formula is C13H17N3O5. The first kappa shape index (κ1) is 15.2. The Balaban J connectivity index is 1.85. The molecule has 1 heterocycles. The van der Waals surface area contributed by atoms with Crippen LogP contribution in [0.4, 0.5) is 11.5 Å². The predicted molar refractivity (Wildman–Crippen MR) is 74.5 cm³/mol. The van der Waals surface area contributed by atoms with Crippen molar-refractivity contribution < 1.29 is 19.6 Å². The van der Waals surface area contributed by atoms with Crippen molar-refractivity contribution in [1.82, 2.24) is 4.98 Å². The summed E-state index contributed by atoms with van der Waals surface area (Å²) in [5.74, 6) is -0.546. The van der Waals surface area contributed by atoms with E-state index in [9.17, 15) is 14.9 Å². The summed E-state index contributed by atoms with van der Waals surface area (Å²) < 4.78 is 5.45. The molecule has 1 aliphatic rings. The average Bonchev–Trinajstić information content (AvgIpc) is 3.26. The van der Waals surface area contributed by atoms with Gasteiger partial charge in [0.05, 0.1) is 4.92 Å². The molecule has 0 atom stereocenters. The highest BCUT2D eigenvalue weighted by atomic mass is 16.6. The van der Waals surface area contributed by atoms with E-state index in [0.717, 1.165) is 18.7 Å². The fraction of sp³-hybridized carbons (Fsp3) is 0.538. The Kier molecular flexibility index (Phi) is 5.04.